The third kappa shape index (κ3) is 3.20. The maximum absolute atomic E-state index is 12.2. The van der Waals surface area contributed by atoms with Gasteiger partial charge in [-0.25, -0.2) is 0 Å². The average Bonchev–Trinajstić information content (AvgIpc) is 3.09. The number of rotatable bonds is 4. The molecule has 1 aliphatic rings. The molecule has 2 aromatic rings. The Balaban J connectivity index is 1.80. The summed E-state index contributed by atoms with van der Waals surface area (Å²) >= 11 is 1.15. The molecule has 9 heteroatoms. The third-order valence-electron chi connectivity index (χ3n) is 3.28. The summed E-state index contributed by atoms with van der Waals surface area (Å²) in [7, 11) is 0. The minimum Gasteiger partial charge on any atom is -0.493 e. The monoisotopic (exact) mass is 343 g/mol. The number of nitrogens with zero attached hydrogens (tertiary/aromatic N) is 3. The van der Waals surface area contributed by atoms with E-state index < -0.39 is 22.9 Å². The number of azo groups is 1. The Morgan fingerprint density at radius 1 is 1.33 bits per heavy atom. The Bertz CT molecular complexity index is 902. The molecule has 0 aliphatic carbocycles. The van der Waals surface area contributed by atoms with Gasteiger partial charge in [0.25, 0.3) is 11.5 Å². The largest absolute Gasteiger partial charge is 0.493 e. The molecule has 0 fully saturated rings. The maximum atomic E-state index is 12.2. The number of aromatic nitrogens is 2. The van der Waals surface area contributed by atoms with Crippen molar-refractivity contribution in [3.05, 3.63) is 51.8 Å². The van der Waals surface area contributed by atoms with E-state index in [1.165, 1.54) is 0 Å². The first-order chi connectivity index (χ1) is 11.6. The van der Waals surface area contributed by atoms with Crippen molar-refractivity contribution in [3.8, 4) is 5.88 Å². The second-order valence-corrected chi connectivity index (χ2v) is 5.61. The van der Waals surface area contributed by atoms with Crippen molar-refractivity contribution < 1.29 is 9.90 Å². The van der Waals surface area contributed by atoms with E-state index >= 15 is 0 Å². The Morgan fingerprint density at radius 2 is 2.08 bits per heavy atom. The van der Waals surface area contributed by atoms with Gasteiger partial charge in [0.05, 0.1) is 12.2 Å². The van der Waals surface area contributed by atoms with Gasteiger partial charge in [-0.3, -0.25) is 9.59 Å². The van der Waals surface area contributed by atoms with Crippen molar-refractivity contribution in [2.24, 2.45) is 10.2 Å². The molecule has 0 radical (unpaired) electrons. The first-order valence-electron chi connectivity index (χ1n) is 6.95. The van der Waals surface area contributed by atoms with Crippen LogP contribution in [-0.4, -0.2) is 33.8 Å². The normalized spacial score (nSPS) is 13.0. The van der Waals surface area contributed by atoms with Gasteiger partial charge in [-0.1, -0.05) is 23.9 Å². The minimum absolute atomic E-state index is 0.234. The molecule has 3 rings (SSSR count). The topological polar surface area (TPSA) is 120 Å². The van der Waals surface area contributed by atoms with Gasteiger partial charge in [-0.05, 0) is 24.5 Å². The second kappa shape index (κ2) is 6.67. The number of H-pyrrole nitrogens is 1. The van der Waals surface area contributed by atoms with E-state index in [1.807, 2.05) is 6.08 Å². The van der Waals surface area contributed by atoms with Crippen LogP contribution in [0.3, 0.4) is 0 Å². The van der Waals surface area contributed by atoms with Crippen LogP contribution in [0.2, 0.25) is 0 Å². The molecule has 0 saturated heterocycles. The van der Waals surface area contributed by atoms with Gasteiger partial charge in [0.15, 0.2) is 10.7 Å². The number of aromatic amines is 1. The highest BCUT2D eigenvalue weighted by atomic mass is 32.2. The molecule has 24 heavy (non-hydrogen) atoms. The quantitative estimate of drug-likeness (QED) is 0.581. The predicted molar refractivity (Wildman–Crippen MR) is 90.4 cm³/mol. The van der Waals surface area contributed by atoms with Gasteiger partial charge in [0, 0.05) is 11.3 Å². The lowest BCUT2D eigenvalue weighted by Crippen LogP contribution is -2.24. The molecule has 0 atom stereocenters. The van der Waals surface area contributed by atoms with Gasteiger partial charge in [-0.15, -0.1) is 0 Å². The first kappa shape index (κ1) is 15.9. The fourth-order valence-corrected chi connectivity index (χ4v) is 2.49. The molecule has 1 aromatic heterocycles. The number of hydrogen-bond acceptors (Lipinski definition) is 7. The van der Waals surface area contributed by atoms with E-state index in [2.05, 4.69) is 25.5 Å². The maximum Gasteiger partial charge on any atom is 0.268 e. The zero-order chi connectivity index (χ0) is 17.1. The molecule has 1 aromatic carbocycles. The fourth-order valence-electron chi connectivity index (χ4n) is 2.12. The SMILES string of the molecule is CSc1nc(O)c(C(=O)Nc2ccc(C3=CCN=N3)cc2)c(=O)[nH]1. The van der Waals surface area contributed by atoms with Gasteiger partial charge in [0.2, 0.25) is 5.88 Å². The minimum atomic E-state index is -0.735. The highest BCUT2D eigenvalue weighted by Crippen LogP contribution is 2.22. The summed E-state index contributed by atoms with van der Waals surface area (Å²) < 4.78 is 0. The van der Waals surface area contributed by atoms with Crippen molar-refractivity contribution in [3.63, 3.8) is 0 Å². The van der Waals surface area contributed by atoms with Crippen LogP contribution in [0.4, 0.5) is 5.69 Å². The van der Waals surface area contributed by atoms with Crippen LogP contribution in [0.5, 0.6) is 5.88 Å². The fraction of sp³-hybridized carbons (Fsp3) is 0.133. The average molecular weight is 343 g/mol. The van der Waals surface area contributed by atoms with E-state index in [0.717, 1.165) is 23.0 Å². The third-order valence-corrected chi connectivity index (χ3v) is 3.86. The number of carbonyl (C=O) groups is 1. The number of benzene rings is 1. The van der Waals surface area contributed by atoms with Crippen LogP contribution in [0.15, 0.2) is 50.5 Å². The van der Waals surface area contributed by atoms with Crippen LogP contribution in [0.25, 0.3) is 5.70 Å². The molecule has 122 valence electrons. The van der Waals surface area contributed by atoms with E-state index in [-0.39, 0.29) is 5.16 Å². The summed E-state index contributed by atoms with van der Waals surface area (Å²) in [6.45, 7) is 0.564. The standard InChI is InChI=1S/C15H13N5O3S/c1-24-15-18-13(22)11(14(23)19-15)12(21)17-9-4-2-8(3-5-9)10-6-7-16-20-10/h2-6H,7H2,1H3,(H,17,21)(H2,18,19,22,23). The van der Waals surface area contributed by atoms with Crippen molar-refractivity contribution in [2.45, 2.75) is 5.16 Å². The first-order valence-corrected chi connectivity index (χ1v) is 8.17. The Labute approximate surface area is 140 Å². The van der Waals surface area contributed by atoms with E-state index in [1.54, 1.807) is 30.5 Å². The van der Waals surface area contributed by atoms with Gasteiger partial charge >= 0.3 is 0 Å². The number of thioether (sulfide) groups is 1. The summed E-state index contributed by atoms with van der Waals surface area (Å²) in [5.74, 6) is -1.34. The molecule has 8 nitrogen and oxygen atoms in total. The Kier molecular flexibility index (Phi) is 4.43. The summed E-state index contributed by atoms with van der Waals surface area (Å²) in [5.41, 5.74) is 1.01. The van der Waals surface area contributed by atoms with Crippen LogP contribution in [0, 0.1) is 0 Å². The van der Waals surface area contributed by atoms with Gasteiger partial charge in [-0.2, -0.15) is 15.2 Å². The van der Waals surface area contributed by atoms with Crippen molar-refractivity contribution >= 4 is 29.1 Å². The lowest BCUT2D eigenvalue weighted by Gasteiger charge is -2.07. The molecule has 0 saturated carbocycles. The van der Waals surface area contributed by atoms with Crippen LogP contribution < -0.4 is 10.9 Å². The summed E-state index contributed by atoms with van der Waals surface area (Å²) in [5, 5.41) is 20.5. The summed E-state index contributed by atoms with van der Waals surface area (Å²) in [6.07, 6.45) is 3.59. The summed E-state index contributed by atoms with van der Waals surface area (Å²) in [6, 6.07) is 6.92. The number of amides is 1. The number of carbonyl (C=O) groups excluding carboxylic acids is 1. The lowest BCUT2D eigenvalue weighted by atomic mass is 10.1. The molecular formula is C15H13N5O3S. The Morgan fingerprint density at radius 3 is 2.67 bits per heavy atom. The van der Waals surface area contributed by atoms with Crippen LogP contribution >= 0.6 is 11.8 Å². The zero-order valence-corrected chi connectivity index (χ0v) is 13.4. The number of aromatic hydroxyl groups is 1. The van der Waals surface area contributed by atoms with Crippen molar-refractivity contribution in [1.29, 1.82) is 0 Å². The number of anilines is 1. The van der Waals surface area contributed by atoms with Crippen LogP contribution in [-0.2, 0) is 0 Å². The van der Waals surface area contributed by atoms with Gasteiger partial charge in [0.1, 0.15) is 0 Å². The van der Waals surface area contributed by atoms with E-state index in [0.29, 0.717) is 12.2 Å². The van der Waals surface area contributed by atoms with Crippen molar-refractivity contribution in [2.75, 3.05) is 18.1 Å². The molecule has 1 amide bonds. The second-order valence-electron chi connectivity index (χ2n) is 4.82. The molecular weight excluding hydrogens is 330 g/mol. The highest BCUT2D eigenvalue weighted by molar-refractivity contribution is 7.98. The van der Waals surface area contributed by atoms with E-state index in [9.17, 15) is 14.7 Å². The molecule has 1 aliphatic heterocycles. The Hall–Kier alpha value is -2.94. The molecule has 0 bridgehead atoms. The zero-order valence-electron chi connectivity index (χ0n) is 12.6. The van der Waals surface area contributed by atoms with E-state index in [4.69, 9.17) is 0 Å². The molecule has 2 heterocycles. The summed E-state index contributed by atoms with van der Waals surface area (Å²) in [4.78, 5) is 30.3. The van der Waals surface area contributed by atoms with Gasteiger partial charge < -0.3 is 15.4 Å². The molecule has 0 unspecified atom stereocenters. The molecule has 0 spiro atoms. The highest BCUT2D eigenvalue weighted by Gasteiger charge is 2.19. The predicted octanol–water partition coefficient (Wildman–Crippen LogP) is 2.26. The van der Waals surface area contributed by atoms with Crippen molar-refractivity contribution in [1.82, 2.24) is 9.97 Å². The smallest absolute Gasteiger partial charge is 0.268 e. The molecule has 3 N–H and O–H groups in total. The number of hydrogen-bond donors (Lipinski definition) is 3. The van der Waals surface area contributed by atoms with Crippen LogP contribution in [0.1, 0.15) is 15.9 Å². The number of nitrogens with one attached hydrogen (secondary N) is 2. The lowest BCUT2D eigenvalue weighted by molar-refractivity contribution is 0.102.